The lowest BCUT2D eigenvalue weighted by Gasteiger charge is -2.13. The van der Waals surface area contributed by atoms with Crippen LogP contribution >= 0.6 is 0 Å². The van der Waals surface area contributed by atoms with Gasteiger partial charge in [0.2, 0.25) is 5.91 Å². The Morgan fingerprint density at radius 2 is 1.73 bits per heavy atom. The molecule has 0 fully saturated rings. The van der Waals surface area contributed by atoms with Crippen LogP contribution in [0.1, 0.15) is 36.2 Å². The summed E-state index contributed by atoms with van der Waals surface area (Å²) in [5.74, 6) is 0.268. The fourth-order valence-corrected chi connectivity index (χ4v) is 3.03. The standard InChI is InChI=1S/C25H25NO4/c1-3-14-29-25(28)21-10-7-9-20(16-21)23-12-4-5-13-24(23)30-17-19-8-6-11-22(15-19)26-18(2)27/h4-13,15-16H,3,14,17H2,1-2H3,(H,26,27). The molecule has 0 saturated heterocycles. The quantitative estimate of drug-likeness (QED) is 0.508. The minimum Gasteiger partial charge on any atom is -0.488 e. The summed E-state index contributed by atoms with van der Waals surface area (Å²) in [7, 11) is 0. The van der Waals surface area contributed by atoms with E-state index in [0.29, 0.717) is 24.5 Å². The van der Waals surface area contributed by atoms with E-state index in [1.165, 1.54) is 6.92 Å². The zero-order chi connectivity index (χ0) is 21.3. The average Bonchev–Trinajstić information content (AvgIpc) is 2.76. The molecule has 0 heterocycles. The molecule has 0 saturated carbocycles. The molecule has 0 aliphatic carbocycles. The number of carbonyl (C=O) groups is 2. The van der Waals surface area contributed by atoms with Crippen LogP contribution in [0, 0.1) is 0 Å². The zero-order valence-corrected chi connectivity index (χ0v) is 17.2. The van der Waals surface area contributed by atoms with Crippen LogP contribution in [0.2, 0.25) is 0 Å². The van der Waals surface area contributed by atoms with E-state index in [0.717, 1.165) is 28.8 Å². The SMILES string of the molecule is CCCOC(=O)c1cccc(-c2ccccc2OCc2cccc(NC(C)=O)c2)c1. The molecule has 0 spiro atoms. The lowest BCUT2D eigenvalue weighted by atomic mass is 10.0. The third kappa shape index (κ3) is 5.70. The Bertz CT molecular complexity index is 1030. The highest BCUT2D eigenvalue weighted by atomic mass is 16.5. The van der Waals surface area contributed by atoms with Gasteiger partial charge in [0.1, 0.15) is 12.4 Å². The fourth-order valence-electron chi connectivity index (χ4n) is 3.03. The molecule has 0 unspecified atom stereocenters. The van der Waals surface area contributed by atoms with Crippen molar-refractivity contribution in [3.05, 3.63) is 83.9 Å². The van der Waals surface area contributed by atoms with Gasteiger partial charge in [-0.15, -0.1) is 0 Å². The van der Waals surface area contributed by atoms with Gasteiger partial charge >= 0.3 is 5.97 Å². The van der Waals surface area contributed by atoms with Crippen molar-refractivity contribution in [3.8, 4) is 16.9 Å². The predicted molar refractivity (Wildman–Crippen MR) is 118 cm³/mol. The average molecular weight is 403 g/mol. The van der Waals surface area contributed by atoms with Crippen molar-refractivity contribution in [2.75, 3.05) is 11.9 Å². The molecule has 1 N–H and O–H groups in total. The van der Waals surface area contributed by atoms with Gasteiger partial charge in [0, 0.05) is 18.2 Å². The van der Waals surface area contributed by atoms with Crippen LogP contribution in [0.5, 0.6) is 5.75 Å². The van der Waals surface area contributed by atoms with Gasteiger partial charge in [0.15, 0.2) is 0 Å². The molecule has 0 atom stereocenters. The van der Waals surface area contributed by atoms with Gasteiger partial charge in [0.25, 0.3) is 0 Å². The second-order valence-corrected chi connectivity index (χ2v) is 6.88. The van der Waals surface area contributed by atoms with Crippen LogP contribution < -0.4 is 10.1 Å². The van der Waals surface area contributed by atoms with Crippen molar-refractivity contribution in [1.29, 1.82) is 0 Å². The predicted octanol–water partition coefficient (Wildman–Crippen LogP) is 5.46. The van der Waals surface area contributed by atoms with Gasteiger partial charge in [-0.25, -0.2) is 4.79 Å². The van der Waals surface area contributed by atoms with Gasteiger partial charge in [0.05, 0.1) is 12.2 Å². The maximum absolute atomic E-state index is 12.2. The highest BCUT2D eigenvalue weighted by Gasteiger charge is 2.11. The minimum atomic E-state index is -0.327. The van der Waals surface area contributed by atoms with Crippen molar-refractivity contribution >= 4 is 17.6 Å². The molecule has 154 valence electrons. The molecule has 5 nitrogen and oxygen atoms in total. The first kappa shape index (κ1) is 21.1. The topological polar surface area (TPSA) is 64.6 Å². The summed E-state index contributed by atoms with van der Waals surface area (Å²) in [5.41, 5.74) is 3.95. The lowest BCUT2D eigenvalue weighted by Crippen LogP contribution is -2.06. The molecule has 0 bridgehead atoms. The number of benzene rings is 3. The maximum Gasteiger partial charge on any atom is 0.338 e. The summed E-state index contributed by atoms with van der Waals surface area (Å²) in [5, 5.41) is 2.77. The smallest absolute Gasteiger partial charge is 0.338 e. The van der Waals surface area contributed by atoms with Crippen LogP contribution in [0.25, 0.3) is 11.1 Å². The lowest BCUT2D eigenvalue weighted by molar-refractivity contribution is -0.114. The fraction of sp³-hybridized carbons (Fsp3) is 0.200. The van der Waals surface area contributed by atoms with E-state index in [9.17, 15) is 9.59 Å². The van der Waals surface area contributed by atoms with E-state index in [-0.39, 0.29) is 11.9 Å². The van der Waals surface area contributed by atoms with Crippen LogP contribution in [-0.4, -0.2) is 18.5 Å². The number of nitrogens with one attached hydrogen (secondary N) is 1. The first-order chi connectivity index (χ1) is 14.6. The van der Waals surface area contributed by atoms with Crippen molar-refractivity contribution in [2.24, 2.45) is 0 Å². The molecule has 0 aromatic heterocycles. The molecule has 3 rings (SSSR count). The van der Waals surface area contributed by atoms with Gasteiger partial charge < -0.3 is 14.8 Å². The molecule has 5 heteroatoms. The molecule has 1 amide bonds. The van der Waals surface area contributed by atoms with Gasteiger partial charge in [-0.05, 0) is 47.9 Å². The summed E-state index contributed by atoms with van der Waals surface area (Å²) in [6.07, 6.45) is 0.783. The number of amides is 1. The Labute approximate surface area is 176 Å². The van der Waals surface area contributed by atoms with E-state index in [1.54, 1.807) is 6.07 Å². The monoisotopic (exact) mass is 403 g/mol. The molecule has 0 radical (unpaired) electrons. The molecule has 3 aromatic rings. The Hall–Kier alpha value is -3.60. The van der Waals surface area contributed by atoms with Gasteiger partial charge in [-0.1, -0.05) is 49.4 Å². The molecule has 30 heavy (non-hydrogen) atoms. The first-order valence-electron chi connectivity index (χ1n) is 9.92. The Balaban J connectivity index is 1.78. The Morgan fingerprint density at radius 1 is 0.933 bits per heavy atom. The number of hydrogen-bond acceptors (Lipinski definition) is 4. The Morgan fingerprint density at radius 3 is 2.53 bits per heavy atom. The normalized spacial score (nSPS) is 10.3. The third-order valence-electron chi connectivity index (χ3n) is 4.38. The number of ether oxygens (including phenoxy) is 2. The van der Waals surface area contributed by atoms with Gasteiger partial charge in [-0.2, -0.15) is 0 Å². The molecular formula is C25H25NO4. The number of anilines is 1. The maximum atomic E-state index is 12.2. The highest BCUT2D eigenvalue weighted by Crippen LogP contribution is 2.31. The second kappa shape index (κ2) is 10.3. The van der Waals surface area contributed by atoms with Crippen LogP contribution in [-0.2, 0) is 16.1 Å². The first-order valence-corrected chi connectivity index (χ1v) is 9.92. The molecular weight excluding hydrogens is 378 g/mol. The number of rotatable bonds is 8. The van der Waals surface area contributed by atoms with E-state index in [1.807, 2.05) is 73.7 Å². The van der Waals surface area contributed by atoms with E-state index in [4.69, 9.17) is 9.47 Å². The Kier molecular flexibility index (Phi) is 7.22. The summed E-state index contributed by atoms with van der Waals surface area (Å²) in [4.78, 5) is 23.5. The van der Waals surface area contributed by atoms with Gasteiger partial charge in [-0.3, -0.25) is 4.79 Å². The van der Waals surface area contributed by atoms with E-state index in [2.05, 4.69) is 5.32 Å². The highest BCUT2D eigenvalue weighted by molar-refractivity contribution is 5.91. The zero-order valence-electron chi connectivity index (χ0n) is 17.2. The van der Waals surface area contributed by atoms with Crippen molar-refractivity contribution < 1.29 is 19.1 Å². The van der Waals surface area contributed by atoms with Crippen molar-refractivity contribution in [1.82, 2.24) is 0 Å². The second-order valence-electron chi connectivity index (χ2n) is 6.88. The number of carbonyl (C=O) groups excluding carboxylic acids is 2. The minimum absolute atomic E-state index is 0.115. The largest absolute Gasteiger partial charge is 0.488 e. The third-order valence-corrected chi connectivity index (χ3v) is 4.38. The molecule has 3 aromatic carbocycles. The molecule has 0 aliphatic rings. The van der Waals surface area contributed by atoms with Crippen LogP contribution in [0.4, 0.5) is 5.69 Å². The molecule has 0 aliphatic heterocycles. The number of hydrogen-bond donors (Lipinski definition) is 1. The number of esters is 1. The summed E-state index contributed by atoms with van der Waals surface area (Å²) in [6, 6.07) is 22.6. The van der Waals surface area contributed by atoms with Crippen LogP contribution in [0.3, 0.4) is 0 Å². The van der Waals surface area contributed by atoms with Crippen molar-refractivity contribution in [2.45, 2.75) is 26.9 Å². The van der Waals surface area contributed by atoms with Crippen LogP contribution in [0.15, 0.2) is 72.8 Å². The number of para-hydroxylation sites is 1. The van der Waals surface area contributed by atoms with Crippen molar-refractivity contribution in [3.63, 3.8) is 0 Å². The van der Waals surface area contributed by atoms with E-state index < -0.39 is 0 Å². The summed E-state index contributed by atoms with van der Waals surface area (Å²) in [6.45, 7) is 4.19. The van der Waals surface area contributed by atoms with E-state index >= 15 is 0 Å². The summed E-state index contributed by atoms with van der Waals surface area (Å²) >= 11 is 0. The summed E-state index contributed by atoms with van der Waals surface area (Å²) < 4.78 is 11.3.